The normalized spacial score (nSPS) is 25.9. The third-order valence-corrected chi connectivity index (χ3v) is 4.62. The van der Waals surface area contributed by atoms with E-state index in [-0.39, 0.29) is 13.0 Å². The molecule has 4 nitrogen and oxygen atoms in total. The quantitative estimate of drug-likeness (QED) is 0.751. The maximum atomic E-state index is 9.47. The van der Waals surface area contributed by atoms with E-state index in [0.29, 0.717) is 0 Å². The molecule has 0 aromatic carbocycles. The first-order valence-electron chi connectivity index (χ1n) is 5.84. The number of hydrogen-bond acceptors (Lipinski definition) is 5. The maximum Gasteiger partial charge on any atom is 0.110 e. The van der Waals surface area contributed by atoms with E-state index in [1.54, 1.807) is 7.11 Å². The van der Waals surface area contributed by atoms with Crippen molar-refractivity contribution in [3.8, 4) is 6.07 Å². The van der Waals surface area contributed by atoms with Gasteiger partial charge in [0, 0.05) is 26.2 Å². The topological polar surface area (TPSA) is 39.5 Å². The fraction of sp³-hybridized carbons (Fsp3) is 0.917. The van der Waals surface area contributed by atoms with Gasteiger partial charge in [0.05, 0.1) is 13.2 Å². The monoisotopic (exact) mass is 257 g/mol. The van der Waals surface area contributed by atoms with Crippen LogP contribution in [0.2, 0.25) is 0 Å². The van der Waals surface area contributed by atoms with Gasteiger partial charge in [0.25, 0.3) is 0 Å². The molecule has 2 rings (SSSR count). The summed E-state index contributed by atoms with van der Waals surface area (Å²) in [7, 11) is 1.72. The second-order valence-electron chi connectivity index (χ2n) is 4.35. The summed E-state index contributed by atoms with van der Waals surface area (Å²) in [6, 6.07) is 2.57. The summed E-state index contributed by atoms with van der Waals surface area (Å²) in [5, 5.41) is 11.4. The van der Waals surface area contributed by atoms with Crippen LogP contribution in [0.3, 0.4) is 0 Å². The SMILES string of the molecule is C.CON1CCN(C2(C#N)CCSCC2)CC1. The molecule has 98 valence electrons. The van der Waals surface area contributed by atoms with E-state index in [4.69, 9.17) is 4.84 Å². The van der Waals surface area contributed by atoms with Crippen molar-refractivity contribution in [3.63, 3.8) is 0 Å². The van der Waals surface area contributed by atoms with Crippen LogP contribution in [0.1, 0.15) is 20.3 Å². The van der Waals surface area contributed by atoms with E-state index in [0.717, 1.165) is 50.5 Å². The van der Waals surface area contributed by atoms with Crippen LogP contribution in [0.25, 0.3) is 0 Å². The van der Waals surface area contributed by atoms with Crippen molar-refractivity contribution in [2.45, 2.75) is 25.8 Å². The van der Waals surface area contributed by atoms with Crippen LogP contribution in [-0.2, 0) is 4.84 Å². The van der Waals surface area contributed by atoms with Gasteiger partial charge in [0.15, 0.2) is 0 Å². The Morgan fingerprint density at radius 1 is 1.18 bits per heavy atom. The molecular formula is C12H23N3OS. The molecule has 0 saturated carbocycles. The number of hydrogen-bond donors (Lipinski definition) is 0. The zero-order valence-electron chi connectivity index (χ0n) is 9.81. The first-order chi connectivity index (χ1) is 7.80. The molecule has 0 atom stereocenters. The van der Waals surface area contributed by atoms with Crippen LogP contribution in [0.4, 0.5) is 0 Å². The van der Waals surface area contributed by atoms with Crippen LogP contribution in [0.5, 0.6) is 0 Å². The standard InChI is InChI=1S/C11H19N3OS.CH4/c1-15-14-6-4-13(5-7-14)11(10-12)2-8-16-9-3-11;/h2-9H2,1H3;1H4. The van der Waals surface area contributed by atoms with E-state index in [2.05, 4.69) is 11.0 Å². The molecule has 0 unspecified atom stereocenters. The number of thioether (sulfide) groups is 1. The fourth-order valence-corrected chi connectivity index (χ4v) is 3.67. The highest BCUT2D eigenvalue weighted by Crippen LogP contribution is 2.32. The molecule has 2 saturated heterocycles. The Balaban J connectivity index is 0.00000144. The Labute approximate surface area is 109 Å². The summed E-state index contributed by atoms with van der Waals surface area (Å²) >= 11 is 1.97. The van der Waals surface area contributed by atoms with Crippen LogP contribution in [-0.4, -0.2) is 60.3 Å². The smallest absolute Gasteiger partial charge is 0.110 e. The third-order valence-electron chi connectivity index (χ3n) is 3.63. The largest absolute Gasteiger partial charge is 0.302 e. The number of hydroxylamine groups is 2. The average molecular weight is 257 g/mol. The molecule has 0 aromatic heterocycles. The highest BCUT2D eigenvalue weighted by Gasteiger charge is 2.39. The van der Waals surface area contributed by atoms with Gasteiger partial charge in [-0.15, -0.1) is 0 Å². The van der Waals surface area contributed by atoms with Gasteiger partial charge in [-0.3, -0.25) is 4.90 Å². The van der Waals surface area contributed by atoms with Crippen LogP contribution < -0.4 is 0 Å². The first kappa shape index (κ1) is 14.8. The summed E-state index contributed by atoms with van der Waals surface area (Å²) in [4.78, 5) is 7.58. The van der Waals surface area contributed by atoms with E-state index in [9.17, 15) is 5.26 Å². The molecule has 0 amide bonds. The van der Waals surface area contributed by atoms with Crippen molar-refractivity contribution in [3.05, 3.63) is 0 Å². The number of rotatable bonds is 2. The van der Waals surface area contributed by atoms with Crippen molar-refractivity contribution in [2.24, 2.45) is 0 Å². The van der Waals surface area contributed by atoms with Crippen molar-refractivity contribution in [1.29, 1.82) is 5.26 Å². The predicted molar refractivity (Wildman–Crippen MR) is 71.8 cm³/mol. The van der Waals surface area contributed by atoms with Crippen LogP contribution in [0.15, 0.2) is 0 Å². The van der Waals surface area contributed by atoms with Gasteiger partial charge in [-0.1, -0.05) is 7.43 Å². The summed E-state index contributed by atoms with van der Waals surface area (Å²) in [6.45, 7) is 3.72. The number of piperazine rings is 1. The molecule has 0 aliphatic carbocycles. The van der Waals surface area contributed by atoms with Gasteiger partial charge in [0.1, 0.15) is 5.54 Å². The van der Waals surface area contributed by atoms with Crippen molar-refractivity contribution < 1.29 is 4.84 Å². The second-order valence-corrected chi connectivity index (χ2v) is 5.58. The lowest BCUT2D eigenvalue weighted by molar-refractivity contribution is -0.158. The molecule has 2 heterocycles. The zero-order valence-corrected chi connectivity index (χ0v) is 10.6. The van der Waals surface area contributed by atoms with Crippen molar-refractivity contribution >= 4 is 11.8 Å². The fourth-order valence-electron chi connectivity index (χ4n) is 2.51. The zero-order chi connectivity index (χ0) is 11.4. The van der Waals surface area contributed by atoms with Crippen LogP contribution in [0, 0.1) is 11.3 Å². The maximum absolute atomic E-state index is 9.47. The van der Waals surface area contributed by atoms with Gasteiger partial charge in [0.2, 0.25) is 0 Å². The lowest BCUT2D eigenvalue weighted by atomic mass is 9.91. The first-order valence-corrected chi connectivity index (χ1v) is 6.99. The molecule has 0 spiro atoms. The minimum atomic E-state index is -0.189. The van der Waals surface area contributed by atoms with Crippen molar-refractivity contribution in [2.75, 3.05) is 44.8 Å². The van der Waals surface area contributed by atoms with Crippen molar-refractivity contribution in [1.82, 2.24) is 9.96 Å². The van der Waals surface area contributed by atoms with Gasteiger partial charge < -0.3 is 4.84 Å². The summed E-state index contributed by atoms with van der Waals surface area (Å²) in [5.74, 6) is 2.25. The van der Waals surface area contributed by atoms with E-state index >= 15 is 0 Å². The summed E-state index contributed by atoms with van der Waals surface area (Å²) in [6.07, 6.45) is 2.03. The van der Waals surface area contributed by atoms with Gasteiger partial charge in [-0.05, 0) is 24.3 Å². The molecule has 2 fully saturated rings. The second kappa shape index (κ2) is 6.60. The molecule has 0 aromatic rings. The molecule has 17 heavy (non-hydrogen) atoms. The van der Waals surface area contributed by atoms with Gasteiger partial charge >= 0.3 is 0 Å². The summed E-state index contributed by atoms with van der Waals surface area (Å²) < 4.78 is 0. The Morgan fingerprint density at radius 3 is 2.24 bits per heavy atom. The molecule has 0 bridgehead atoms. The minimum Gasteiger partial charge on any atom is -0.302 e. The highest BCUT2D eigenvalue weighted by molar-refractivity contribution is 7.99. The minimum absolute atomic E-state index is 0. The van der Waals surface area contributed by atoms with Crippen LogP contribution >= 0.6 is 11.8 Å². The third kappa shape index (κ3) is 3.14. The average Bonchev–Trinajstić information content (AvgIpc) is 2.39. The highest BCUT2D eigenvalue weighted by atomic mass is 32.2. The Bertz CT molecular complexity index is 265. The Hall–Kier alpha value is -0.280. The van der Waals surface area contributed by atoms with E-state index in [1.165, 1.54) is 0 Å². The lowest BCUT2D eigenvalue weighted by Crippen LogP contribution is -2.57. The lowest BCUT2D eigenvalue weighted by Gasteiger charge is -2.44. The Kier molecular flexibility index (Phi) is 5.74. The molecule has 2 aliphatic rings. The molecular weight excluding hydrogens is 234 g/mol. The number of nitrogens with zero attached hydrogens (tertiary/aromatic N) is 3. The van der Waals surface area contributed by atoms with E-state index < -0.39 is 0 Å². The molecule has 2 aliphatic heterocycles. The molecule has 0 radical (unpaired) electrons. The predicted octanol–water partition coefficient (Wildman–Crippen LogP) is 1.59. The van der Waals surface area contributed by atoms with E-state index in [1.807, 2.05) is 16.8 Å². The van der Waals surface area contributed by atoms with Gasteiger partial charge in [-0.2, -0.15) is 22.1 Å². The summed E-state index contributed by atoms with van der Waals surface area (Å²) in [5.41, 5.74) is -0.189. The molecule has 0 N–H and O–H groups in total. The Morgan fingerprint density at radius 2 is 1.76 bits per heavy atom. The van der Waals surface area contributed by atoms with Gasteiger partial charge in [-0.25, -0.2) is 0 Å². The molecule has 5 heteroatoms. The number of nitriles is 1.